The number of carbonyl (C=O) groups is 1. The molecule has 0 aliphatic rings. The van der Waals surface area contributed by atoms with Crippen LogP contribution in [0.5, 0.6) is 0 Å². The Hall–Kier alpha value is -2.62. The molecule has 0 radical (unpaired) electrons. The molecule has 2 aromatic rings. The van der Waals surface area contributed by atoms with Gasteiger partial charge >= 0.3 is 5.69 Å². The number of rotatable bonds is 4. The number of amides is 1. The summed E-state index contributed by atoms with van der Waals surface area (Å²) in [6.45, 7) is 0. The third-order valence-electron chi connectivity index (χ3n) is 2.17. The molecule has 1 amide bonds. The van der Waals surface area contributed by atoms with Crippen molar-refractivity contribution < 1.29 is 14.1 Å². The van der Waals surface area contributed by atoms with Crippen LogP contribution in [0.3, 0.4) is 0 Å². The highest BCUT2D eigenvalue weighted by Crippen LogP contribution is 2.15. The van der Waals surface area contributed by atoms with Crippen molar-refractivity contribution in [3.8, 4) is 0 Å². The van der Waals surface area contributed by atoms with Crippen molar-refractivity contribution >= 4 is 29.1 Å². The Morgan fingerprint density at radius 3 is 3.00 bits per heavy atom. The van der Waals surface area contributed by atoms with Gasteiger partial charge in [0, 0.05) is 7.05 Å². The number of nitro groups is 1. The van der Waals surface area contributed by atoms with Gasteiger partial charge in [-0.15, -0.1) is 11.3 Å². The summed E-state index contributed by atoms with van der Waals surface area (Å²) in [7, 11) is 1.46. The Balaban J connectivity index is 2.09. The summed E-state index contributed by atoms with van der Waals surface area (Å²) in [5.41, 5.74) is 1.34. The zero-order chi connectivity index (χ0) is 14.7. The van der Waals surface area contributed by atoms with E-state index in [-0.39, 0.29) is 10.8 Å². The molecule has 0 aromatic carbocycles. The van der Waals surface area contributed by atoms with Crippen LogP contribution in [-0.2, 0) is 7.05 Å². The molecule has 104 valence electrons. The van der Waals surface area contributed by atoms with Gasteiger partial charge in [0.25, 0.3) is 5.91 Å². The number of carbonyl (C=O) groups excluding carboxylic acids is 1. The highest BCUT2D eigenvalue weighted by molar-refractivity contribution is 7.12. The molecule has 20 heavy (non-hydrogen) atoms. The fraction of sp³-hybridized carbons (Fsp3) is 0.100. The second kappa shape index (κ2) is 5.57. The number of thiophene rings is 1. The number of hydrogen-bond acceptors (Lipinski definition) is 6. The lowest BCUT2D eigenvalue weighted by Crippen LogP contribution is -2.19. The summed E-state index contributed by atoms with van der Waals surface area (Å²) >= 11 is 0.852. The van der Waals surface area contributed by atoms with Crippen LogP contribution in [0.4, 0.5) is 10.1 Å². The molecular formula is C10H8FN5O3S. The van der Waals surface area contributed by atoms with E-state index in [1.165, 1.54) is 25.4 Å². The van der Waals surface area contributed by atoms with E-state index in [0.29, 0.717) is 4.88 Å². The minimum atomic E-state index is -0.814. The molecule has 0 spiro atoms. The van der Waals surface area contributed by atoms with Crippen LogP contribution in [0.15, 0.2) is 23.4 Å². The smallest absolute Gasteiger partial charge is 0.268 e. The van der Waals surface area contributed by atoms with Crippen molar-refractivity contribution in [2.24, 2.45) is 12.1 Å². The van der Waals surface area contributed by atoms with E-state index in [2.05, 4.69) is 15.6 Å². The minimum absolute atomic E-state index is 0.341. The Labute approximate surface area is 115 Å². The average Bonchev–Trinajstić information content (AvgIpc) is 2.95. The van der Waals surface area contributed by atoms with Gasteiger partial charge in [0.05, 0.1) is 16.0 Å². The van der Waals surface area contributed by atoms with Gasteiger partial charge in [0.1, 0.15) is 6.20 Å². The quantitative estimate of drug-likeness (QED) is 0.522. The topological polar surface area (TPSA) is 102 Å². The Morgan fingerprint density at radius 1 is 1.65 bits per heavy atom. The summed E-state index contributed by atoms with van der Waals surface area (Å²) in [5, 5.41) is 17.6. The number of nitrogens with zero attached hydrogens (tertiary/aromatic N) is 4. The number of halogens is 1. The third kappa shape index (κ3) is 3.03. The van der Waals surface area contributed by atoms with Crippen molar-refractivity contribution in [1.82, 2.24) is 15.2 Å². The Kier molecular flexibility index (Phi) is 3.84. The van der Waals surface area contributed by atoms with E-state index in [1.807, 2.05) is 0 Å². The summed E-state index contributed by atoms with van der Waals surface area (Å²) in [4.78, 5) is 22.2. The zero-order valence-electron chi connectivity index (χ0n) is 10.1. The molecule has 1 N–H and O–H groups in total. The molecule has 0 aliphatic heterocycles. The van der Waals surface area contributed by atoms with Crippen molar-refractivity contribution in [2.45, 2.75) is 0 Å². The van der Waals surface area contributed by atoms with Crippen LogP contribution >= 0.6 is 11.3 Å². The fourth-order valence-electron chi connectivity index (χ4n) is 1.38. The number of aryl methyl sites for hydroxylation is 1. The third-order valence-corrected chi connectivity index (χ3v) is 2.98. The lowest BCUT2D eigenvalue weighted by molar-refractivity contribution is -0.385. The maximum Gasteiger partial charge on any atom is 0.320 e. The standard InChI is InChI=1S/C10H8FN5O3S/c1-15-5-7(16(18)19)9(14-15)10(17)13-12-4-6-2-3-8(11)20-6/h2-5H,1H3,(H,13,17)/b12-4-. The molecule has 0 unspecified atom stereocenters. The second-order valence-electron chi connectivity index (χ2n) is 3.63. The van der Waals surface area contributed by atoms with Crippen molar-refractivity contribution in [3.05, 3.63) is 44.1 Å². The van der Waals surface area contributed by atoms with Crippen LogP contribution in [0.1, 0.15) is 15.4 Å². The SMILES string of the molecule is Cn1cc([N+](=O)[O-])c(C(=O)N/N=C\c2ccc(F)s2)n1. The molecule has 0 atom stereocenters. The summed E-state index contributed by atoms with van der Waals surface area (Å²) in [5.74, 6) is -0.814. The molecule has 0 bridgehead atoms. The molecule has 10 heteroatoms. The number of aromatic nitrogens is 2. The van der Waals surface area contributed by atoms with E-state index in [1.54, 1.807) is 0 Å². The first-order valence-corrected chi connectivity index (χ1v) is 6.06. The normalized spacial score (nSPS) is 10.9. The Morgan fingerprint density at radius 2 is 2.40 bits per heavy atom. The first kappa shape index (κ1) is 13.8. The first-order chi connectivity index (χ1) is 9.47. The minimum Gasteiger partial charge on any atom is -0.268 e. The highest BCUT2D eigenvalue weighted by atomic mass is 32.1. The van der Waals surface area contributed by atoms with Crippen LogP contribution in [0, 0.1) is 15.2 Å². The maximum atomic E-state index is 12.7. The van der Waals surface area contributed by atoms with E-state index < -0.39 is 16.5 Å². The summed E-state index contributed by atoms with van der Waals surface area (Å²) < 4.78 is 13.9. The van der Waals surface area contributed by atoms with Gasteiger partial charge in [-0.2, -0.15) is 14.6 Å². The molecule has 2 rings (SSSR count). The van der Waals surface area contributed by atoms with Gasteiger partial charge in [0.15, 0.2) is 5.13 Å². The molecule has 0 saturated heterocycles. The molecule has 0 saturated carbocycles. The van der Waals surface area contributed by atoms with Gasteiger partial charge in [-0.3, -0.25) is 19.6 Å². The maximum absolute atomic E-state index is 12.7. The monoisotopic (exact) mass is 297 g/mol. The van der Waals surface area contributed by atoms with E-state index in [9.17, 15) is 19.3 Å². The average molecular weight is 297 g/mol. The molecular weight excluding hydrogens is 289 g/mol. The van der Waals surface area contributed by atoms with E-state index in [0.717, 1.165) is 22.2 Å². The molecule has 2 aromatic heterocycles. The highest BCUT2D eigenvalue weighted by Gasteiger charge is 2.24. The molecule has 8 nitrogen and oxygen atoms in total. The number of hydrogen-bond donors (Lipinski definition) is 1. The summed E-state index contributed by atoms with van der Waals surface area (Å²) in [6.07, 6.45) is 2.35. The molecule has 0 fully saturated rings. The van der Waals surface area contributed by atoms with Crippen LogP contribution < -0.4 is 5.43 Å². The van der Waals surface area contributed by atoms with Gasteiger partial charge in [-0.25, -0.2) is 5.43 Å². The zero-order valence-corrected chi connectivity index (χ0v) is 10.9. The molecule has 2 heterocycles. The fourth-order valence-corrected chi connectivity index (χ4v) is 1.98. The van der Waals surface area contributed by atoms with Crippen LogP contribution in [0.2, 0.25) is 0 Å². The lowest BCUT2D eigenvalue weighted by Gasteiger charge is -1.94. The van der Waals surface area contributed by atoms with Crippen LogP contribution in [0.25, 0.3) is 0 Å². The number of nitrogens with one attached hydrogen (secondary N) is 1. The predicted molar refractivity (Wildman–Crippen MR) is 69.2 cm³/mol. The summed E-state index contributed by atoms with van der Waals surface area (Å²) in [6, 6.07) is 2.75. The Bertz CT molecular complexity index is 693. The van der Waals surface area contributed by atoms with Gasteiger partial charge in [-0.1, -0.05) is 0 Å². The van der Waals surface area contributed by atoms with Crippen molar-refractivity contribution in [3.63, 3.8) is 0 Å². The van der Waals surface area contributed by atoms with Gasteiger partial charge < -0.3 is 0 Å². The number of hydrazone groups is 1. The molecule has 0 aliphatic carbocycles. The first-order valence-electron chi connectivity index (χ1n) is 5.24. The van der Waals surface area contributed by atoms with Gasteiger partial charge in [0.2, 0.25) is 5.69 Å². The van der Waals surface area contributed by atoms with Gasteiger partial charge in [-0.05, 0) is 12.1 Å². The lowest BCUT2D eigenvalue weighted by atomic mass is 10.3. The van der Waals surface area contributed by atoms with E-state index >= 15 is 0 Å². The van der Waals surface area contributed by atoms with E-state index in [4.69, 9.17) is 0 Å². The van der Waals surface area contributed by atoms with Crippen molar-refractivity contribution in [1.29, 1.82) is 0 Å². The van der Waals surface area contributed by atoms with Crippen molar-refractivity contribution in [2.75, 3.05) is 0 Å². The second-order valence-corrected chi connectivity index (χ2v) is 4.70. The largest absolute Gasteiger partial charge is 0.320 e. The predicted octanol–water partition coefficient (Wildman–Crippen LogP) is 1.29. The van der Waals surface area contributed by atoms with Crippen LogP contribution in [-0.4, -0.2) is 26.8 Å².